The average molecular weight is 398 g/mol. The third-order valence-electron chi connectivity index (χ3n) is 4.59. The van der Waals surface area contributed by atoms with Gasteiger partial charge in [0.2, 0.25) is 5.91 Å². The largest absolute Gasteiger partial charge is 0.497 e. The molecule has 1 atom stereocenters. The Morgan fingerprint density at radius 1 is 1.32 bits per heavy atom. The van der Waals surface area contributed by atoms with Crippen LogP contribution in [0.5, 0.6) is 5.75 Å². The summed E-state index contributed by atoms with van der Waals surface area (Å²) in [6.45, 7) is 2.44. The van der Waals surface area contributed by atoms with Crippen molar-refractivity contribution < 1.29 is 13.9 Å². The Kier molecular flexibility index (Phi) is 5.38. The van der Waals surface area contributed by atoms with E-state index in [0.717, 1.165) is 41.0 Å². The van der Waals surface area contributed by atoms with Crippen LogP contribution >= 0.6 is 11.8 Å². The molecule has 1 amide bonds. The number of carbonyl (C=O) groups is 1. The number of benzene rings is 1. The van der Waals surface area contributed by atoms with Crippen molar-refractivity contribution in [3.63, 3.8) is 0 Å². The van der Waals surface area contributed by atoms with Crippen molar-refractivity contribution in [3.05, 3.63) is 54.2 Å². The molecule has 1 aliphatic carbocycles. The predicted octanol–water partition coefficient (Wildman–Crippen LogP) is 3.92. The number of aromatic nitrogens is 3. The minimum Gasteiger partial charge on any atom is -0.497 e. The maximum Gasteiger partial charge on any atom is 0.237 e. The quantitative estimate of drug-likeness (QED) is 0.579. The molecule has 1 saturated carbocycles. The summed E-state index contributed by atoms with van der Waals surface area (Å²) in [6.07, 6.45) is 3.93. The van der Waals surface area contributed by atoms with Gasteiger partial charge in [-0.15, -0.1) is 10.2 Å². The van der Waals surface area contributed by atoms with E-state index >= 15 is 0 Å². The van der Waals surface area contributed by atoms with Crippen LogP contribution in [0, 0.1) is 0 Å². The number of hydrogen-bond acceptors (Lipinski definition) is 6. The van der Waals surface area contributed by atoms with Gasteiger partial charge in [-0.1, -0.05) is 11.8 Å². The summed E-state index contributed by atoms with van der Waals surface area (Å²) >= 11 is 1.40. The van der Waals surface area contributed by atoms with E-state index in [1.54, 1.807) is 13.4 Å². The van der Waals surface area contributed by atoms with Crippen LogP contribution < -0.4 is 10.1 Å². The molecule has 2 heterocycles. The molecule has 8 heteroatoms. The number of anilines is 1. The number of carbonyl (C=O) groups excluding carboxylic acids is 1. The Bertz CT molecular complexity index is 933. The lowest BCUT2D eigenvalue weighted by Gasteiger charge is -2.13. The summed E-state index contributed by atoms with van der Waals surface area (Å²) in [4.78, 5) is 12.6. The Morgan fingerprint density at radius 2 is 2.11 bits per heavy atom. The zero-order valence-electron chi connectivity index (χ0n) is 15.8. The zero-order valence-corrected chi connectivity index (χ0v) is 16.6. The van der Waals surface area contributed by atoms with Crippen LogP contribution in [0.15, 0.2) is 52.2 Å². The van der Waals surface area contributed by atoms with E-state index in [-0.39, 0.29) is 11.2 Å². The highest BCUT2D eigenvalue weighted by Crippen LogP contribution is 2.40. The van der Waals surface area contributed by atoms with Crippen molar-refractivity contribution in [2.24, 2.45) is 0 Å². The molecule has 0 saturated heterocycles. The first kappa shape index (κ1) is 18.6. The molecule has 1 N–H and O–H groups in total. The maximum atomic E-state index is 12.6. The monoisotopic (exact) mass is 398 g/mol. The SMILES string of the molecule is COc1ccc(NC(=O)C(C)Sc2nnc(C3CC3)n2Cc2ccco2)cc1. The molecule has 1 unspecified atom stereocenters. The second-order valence-corrected chi connectivity index (χ2v) is 8.07. The van der Waals surface area contributed by atoms with Gasteiger partial charge in [-0.2, -0.15) is 0 Å². The minimum absolute atomic E-state index is 0.0873. The molecule has 0 aliphatic heterocycles. The van der Waals surface area contributed by atoms with E-state index in [0.29, 0.717) is 12.5 Å². The number of nitrogens with one attached hydrogen (secondary N) is 1. The van der Waals surface area contributed by atoms with Crippen molar-refractivity contribution in [3.8, 4) is 5.75 Å². The van der Waals surface area contributed by atoms with Crippen molar-refractivity contribution in [2.45, 2.75) is 42.6 Å². The van der Waals surface area contributed by atoms with Gasteiger partial charge < -0.3 is 14.5 Å². The lowest BCUT2D eigenvalue weighted by atomic mass is 10.3. The van der Waals surface area contributed by atoms with Crippen LogP contribution in [0.25, 0.3) is 0 Å². The van der Waals surface area contributed by atoms with Crippen molar-refractivity contribution in [1.82, 2.24) is 14.8 Å². The Balaban J connectivity index is 1.45. The molecule has 2 aromatic heterocycles. The first-order chi connectivity index (χ1) is 13.6. The van der Waals surface area contributed by atoms with Crippen LogP contribution in [0.1, 0.15) is 37.3 Å². The number of rotatable bonds is 8. The van der Waals surface area contributed by atoms with Crippen LogP contribution in [0.3, 0.4) is 0 Å². The van der Waals surface area contributed by atoms with Crippen molar-refractivity contribution >= 4 is 23.4 Å². The van der Waals surface area contributed by atoms with Gasteiger partial charge >= 0.3 is 0 Å². The van der Waals surface area contributed by atoms with E-state index < -0.39 is 0 Å². The van der Waals surface area contributed by atoms with Gasteiger partial charge in [0.15, 0.2) is 5.16 Å². The molecule has 146 valence electrons. The van der Waals surface area contributed by atoms with Gasteiger partial charge in [0.05, 0.1) is 25.2 Å². The second-order valence-electron chi connectivity index (χ2n) is 6.76. The van der Waals surface area contributed by atoms with Crippen molar-refractivity contribution in [1.29, 1.82) is 0 Å². The molecular formula is C20H22N4O3S. The van der Waals surface area contributed by atoms with Gasteiger partial charge in [-0.3, -0.25) is 9.36 Å². The molecule has 1 fully saturated rings. The van der Waals surface area contributed by atoms with E-state index in [1.807, 2.05) is 43.3 Å². The minimum atomic E-state index is -0.325. The number of hydrogen-bond donors (Lipinski definition) is 1. The fourth-order valence-electron chi connectivity index (χ4n) is 2.87. The summed E-state index contributed by atoms with van der Waals surface area (Å²) < 4.78 is 12.7. The Hall–Kier alpha value is -2.74. The van der Waals surface area contributed by atoms with Crippen LogP contribution in [0.4, 0.5) is 5.69 Å². The molecule has 1 aromatic carbocycles. The lowest BCUT2D eigenvalue weighted by Crippen LogP contribution is -2.23. The number of methoxy groups -OCH3 is 1. The molecule has 28 heavy (non-hydrogen) atoms. The maximum absolute atomic E-state index is 12.6. The van der Waals surface area contributed by atoms with E-state index in [1.165, 1.54) is 11.8 Å². The molecule has 0 bridgehead atoms. The highest BCUT2D eigenvalue weighted by atomic mass is 32.2. The summed E-state index contributed by atoms with van der Waals surface area (Å²) in [5.74, 6) is 2.94. The standard InChI is InChI=1S/C20H22N4O3S/c1-13(19(25)21-15-7-9-16(26-2)10-8-15)28-20-23-22-18(14-5-6-14)24(20)12-17-4-3-11-27-17/h3-4,7-11,13-14H,5-6,12H2,1-2H3,(H,21,25). The number of nitrogens with zero attached hydrogens (tertiary/aromatic N) is 3. The first-order valence-corrected chi connectivity index (χ1v) is 10.1. The molecule has 0 radical (unpaired) electrons. The fraction of sp³-hybridized carbons (Fsp3) is 0.350. The molecule has 4 rings (SSSR count). The third-order valence-corrected chi connectivity index (χ3v) is 5.67. The summed E-state index contributed by atoms with van der Waals surface area (Å²) in [5.41, 5.74) is 0.731. The first-order valence-electron chi connectivity index (χ1n) is 9.21. The van der Waals surface area contributed by atoms with E-state index in [4.69, 9.17) is 9.15 Å². The molecule has 0 spiro atoms. The normalized spacial score (nSPS) is 14.6. The highest BCUT2D eigenvalue weighted by Gasteiger charge is 2.31. The Morgan fingerprint density at radius 3 is 2.75 bits per heavy atom. The van der Waals surface area contributed by atoms with Crippen LogP contribution in [-0.2, 0) is 11.3 Å². The summed E-state index contributed by atoms with van der Waals surface area (Å²) in [7, 11) is 1.61. The number of furan rings is 1. The average Bonchev–Trinajstić information content (AvgIpc) is 3.28. The van der Waals surface area contributed by atoms with Crippen molar-refractivity contribution in [2.75, 3.05) is 12.4 Å². The van der Waals surface area contributed by atoms with Gasteiger partial charge in [0.25, 0.3) is 0 Å². The summed E-state index contributed by atoms with van der Waals surface area (Å²) in [6, 6.07) is 11.1. The molecule has 1 aliphatic rings. The predicted molar refractivity (Wildman–Crippen MR) is 107 cm³/mol. The zero-order chi connectivity index (χ0) is 19.5. The molecular weight excluding hydrogens is 376 g/mol. The van der Waals surface area contributed by atoms with Crippen LogP contribution in [-0.4, -0.2) is 33.0 Å². The van der Waals surface area contributed by atoms with Gasteiger partial charge in [-0.25, -0.2) is 0 Å². The molecule has 7 nitrogen and oxygen atoms in total. The second kappa shape index (κ2) is 8.10. The van der Waals surface area contributed by atoms with Gasteiger partial charge in [0.1, 0.15) is 17.3 Å². The highest BCUT2D eigenvalue weighted by molar-refractivity contribution is 8.00. The fourth-order valence-corrected chi connectivity index (χ4v) is 3.72. The topological polar surface area (TPSA) is 82.2 Å². The number of thioether (sulfide) groups is 1. The lowest BCUT2D eigenvalue weighted by molar-refractivity contribution is -0.115. The summed E-state index contributed by atoms with van der Waals surface area (Å²) in [5, 5.41) is 12.1. The van der Waals surface area contributed by atoms with Gasteiger partial charge in [0, 0.05) is 11.6 Å². The van der Waals surface area contributed by atoms with Gasteiger partial charge in [-0.05, 0) is 56.2 Å². The molecule has 3 aromatic rings. The van der Waals surface area contributed by atoms with Crippen LogP contribution in [0.2, 0.25) is 0 Å². The van der Waals surface area contributed by atoms with E-state index in [2.05, 4.69) is 20.1 Å². The number of ether oxygens (including phenoxy) is 1. The smallest absolute Gasteiger partial charge is 0.237 e. The van der Waals surface area contributed by atoms with E-state index in [9.17, 15) is 4.79 Å². The third kappa shape index (κ3) is 4.22. The Labute approximate surface area is 167 Å². The number of amides is 1.